The third-order valence-corrected chi connectivity index (χ3v) is 2.66. The van der Waals surface area contributed by atoms with Crippen LogP contribution in [0.25, 0.3) is 0 Å². The number of rotatable bonds is 4. The van der Waals surface area contributed by atoms with Gasteiger partial charge >= 0.3 is 5.97 Å². The molecule has 0 aliphatic rings. The maximum absolute atomic E-state index is 12.9. The Kier molecular flexibility index (Phi) is 4.78. The molecule has 0 saturated heterocycles. The van der Waals surface area contributed by atoms with E-state index in [0.29, 0.717) is 12.0 Å². The SMILES string of the molecule is CCc1cc(CC(=O)OC)c(C(F)F)cc1C#N. The molecule has 0 saturated carbocycles. The molecule has 0 spiro atoms. The molecule has 0 aliphatic heterocycles. The fourth-order valence-electron chi connectivity index (χ4n) is 1.69. The number of nitrogens with zero attached hydrogens (tertiary/aromatic N) is 1. The van der Waals surface area contributed by atoms with Crippen molar-refractivity contribution in [3.8, 4) is 6.07 Å². The van der Waals surface area contributed by atoms with Gasteiger partial charge in [0.2, 0.25) is 0 Å². The van der Waals surface area contributed by atoms with E-state index >= 15 is 0 Å². The second-order valence-electron chi connectivity index (χ2n) is 3.73. The lowest BCUT2D eigenvalue weighted by Gasteiger charge is -2.11. The number of ether oxygens (including phenoxy) is 1. The summed E-state index contributed by atoms with van der Waals surface area (Å²) in [6.45, 7) is 1.82. The van der Waals surface area contributed by atoms with E-state index in [2.05, 4.69) is 4.74 Å². The number of benzene rings is 1. The van der Waals surface area contributed by atoms with Gasteiger partial charge in [0.05, 0.1) is 25.2 Å². The van der Waals surface area contributed by atoms with E-state index < -0.39 is 12.4 Å². The van der Waals surface area contributed by atoms with Gasteiger partial charge in [0, 0.05) is 5.56 Å². The van der Waals surface area contributed by atoms with Crippen LogP contribution in [-0.2, 0) is 22.4 Å². The molecule has 0 bridgehead atoms. The van der Waals surface area contributed by atoms with Crippen LogP contribution >= 0.6 is 0 Å². The van der Waals surface area contributed by atoms with Crippen molar-refractivity contribution in [1.82, 2.24) is 0 Å². The summed E-state index contributed by atoms with van der Waals surface area (Å²) in [5, 5.41) is 8.89. The molecular formula is C13H13F2NO2. The Morgan fingerprint density at radius 2 is 2.11 bits per heavy atom. The number of hydrogen-bond acceptors (Lipinski definition) is 3. The van der Waals surface area contributed by atoms with E-state index in [-0.39, 0.29) is 23.1 Å². The molecule has 1 aromatic carbocycles. The van der Waals surface area contributed by atoms with Crippen molar-refractivity contribution in [3.05, 3.63) is 34.4 Å². The maximum Gasteiger partial charge on any atom is 0.309 e. The third-order valence-electron chi connectivity index (χ3n) is 2.66. The summed E-state index contributed by atoms with van der Waals surface area (Å²) < 4.78 is 30.2. The van der Waals surface area contributed by atoms with Crippen molar-refractivity contribution >= 4 is 5.97 Å². The molecule has 1 aromatic rings. The Bertz CT molecular complexity index is 492. The number of esters is 1. The summed E-state index contributed by atoms with van der Waals surface area (Å²) in [5.74, 6) is -0.580. The Labute approximate surface area is 104 Å². The average molecular weight is 253 g/mol. The van der Waals surface area contributed by atoms with E-state index in [0.717, 1.165) is 6.07 Å². The number of carbonyl (C=O) groups is 1. The predicted octanol–water partition coefficient (Wildman–Crippen LogP) is 2.77. The zero-order chi connectivity index (χ0) is 13.7. The van der Waals surface area contributed by atoms with Crippen LogP contribution in [-0.4, -0.2) is 13.1 Å². The molecule has 3 nitrogen and oxygen atoms in total. The van der Waals surface area contributed by atoms with Crippen LogP contribution in [0.4, 0.5) is 8.78 Å². The highest BCUT2D eigenvalue weighted by Crippen LogP contribution is 2.27. The summed E-state index contributed by atoms with van der Waals surface area (Å²) >= 11 is 0. The van der Waals surface area contributed by atoms with E-state index in [1.165, 1.54) is 13.2 Å². The van der Waals surface area contributed by atoms with Gasteiger partial charge in [0.25, 0.3) is 6.43 Å². The first-order valence-corrected chi connectivity index (χ1v) is 5.44. The number of aryl methyl sites for hydroxylation is 1. The molecule has 0 amide bonds. The highest BCUT2D eigenvalue weighted by Gasteiger charge is 2.18. The summed E-state index contributed by atoms with van der Waals surface area (Å²) in [6.07, 6.45) is -2.39. The molecule has 1 rings (SSSR count). The van der Waals surface area contributed by atoms with Gasteiger partial charge < -0.3 is 4.74 Å². The number of hydrogen-bond donors (Lipinski definition) is 0. The number of carbonyl (C=O) groups excluding carboxylic acids is 1. The molecule has 0 atom stereocenters. The molecule has 96 valence electrons. The van der Waals surface area contributed by atoms with Crippen molar-refractivity contribution in [2.45, 2.75) is 26.2 Å². The zero-order valence-electron chi connectivity index (χ0n) is 10.2. The van der Waals surface area contributed by atoms with Crippen LogP contribution in [0.5, 0.6) is 0 Å². The lowest BCUT2D eigenvalue weighted by atomic mass is 9.96. The Hall–Kier alpha value is -1.96. The van der Waals surface area contributed by atoms with Crippen molar-refractivity contribution < 1.29 is 18.3 Å². The molecule has 18 heavy (non-hydrogen) atoms. The third kappa shape index (κ3) is 3.04. The number of alkyl halides is 2. The first-order chi connectivity index (χ1) is 8.53. The summed E-state index contributed by atoms with van der Waals surface area (Å²) in [6, 6.07) is 4.52. The fraction of sp³-hybridized carbons (Fsp3) is 0.385. The van der Waals surface area contributed by atoms with Crippen LogP contribution in [0.2, 0.25) is 0 Å². The minimum atomic E-state index is -2.72. The van der Waals surface area contributed by atoms with E-state index in [4.69, 9.17) is 5.26 Å². The largest absolute Gasteiger partial charge is 0.469 e. The Balaban J connectivity index is 3.30. The molecule has 0 unspecified atom stereocenters. The normalized spacial score (nSPS) is 10.2. The second-order valence-corrected chi connectivity index (χ2v) is 3.73. The molecule has 0 radical (unpaired) electrons. The van der Waals surface area contributed by atoms with Gasteiger partial charge in [-0.2, -0.15) is 5.26 Å². The van der Waals surface area contributed by atoms with Crippen molar-refractivity contribution in [3.63, 3.8) is 0 Å². The highest BCUT2D eigenvalue weighted by atomic mass is 19.3. The first kappa shape index (κ1) is 14.1. The minimum absolute atomic E-state index is 0.213. The van der Waals surface area contributed by atoms with Gasteiger partial charge in [-0.15, -0.1) is 0 Å². The van der Waals surface area contributed by atoms with Crippen LogP contribution in [0.1, 0.15) is 35.6 Å². The summed E-state index contributed by atoms with van der Waals surface area (Å²) in [7, 11) is 1.20. The van der Waals surface area contributed by atoms with E-state index in [1.807, 2.05) is 13.0 Å². The molecule has 0 N–H and O–H groups in total. The van der Waals surface area contributed by atoms with Crippen LogP contribution in [0, 0.1) is 11.3 Å². The van der Waals surface area contributed by atoms with Crippen molar-refractivity contribution in [2.24, 2.45) is 0 Å². The van der Waals surface area contributed by atoms with Crippen molar-refractivity contribution in [1.29, 1.82) is 5.26 Å². The fourth-order valence-corrected chi connectivity index (χ4v) is 1.69. The molecular weight excluding hydrogens is 240 g/mol. The standard InChI is InChI=1S/C13H13F2NO2/c1-3-8-4-9(6-12(17)18-2)11(13(14)15)5-10(8)7-16/h4-5,13H,3,6H2,1-2H3. The van der Waals surface area contributed by atoms with Crippen molar-refractivity contribution in [2.75, 3.05) is 7.11 Å². The first-order valence-electron chi connectivity index (χ1n) is 5.44. The van der Waals surface area contributed by atoms with Crippen LogP contribution < -0.4 is 0 Å². The van der Waals surface area contributed by atoms with Gasteiger partial charge in [-0.3, -0.25) is 4.79 Å². The lowest BCUT2D eigenvalue weighted by Crippen LogP contribution is -2.08. The Morgan fingerprint density at radius 3 is 2.56 bits per heavy atom. The van der Waals surface area contributed by atoms with Gasteiger partial charge in [0.15, 0.2) is 0 Å². The lowest BCUT2D eigenvalue weighted by molar-refractivity contribution is -0.139. The Morgan fingerprint density at radius 1 is 1.44 bits per heavy atom. The minimum Gasteiger partial charge on any atom is -0.469 e. The molecule has 0 heterocycles. The molecule has 0 aromatic heterocycles. The molecule has 5 heteroatoms. The van der Waals surface area contributed by atoms with Crippen LogP contribution in [0.15, 0.2) is 12.1 Å². The summed E-state index contributed by atoms with van der Waals surface area (Å²) in [4.78, 5) is 11.2. The second kappa shape index (κ2) is 6.10. The van der Waals surface area contributed by atoms with Gasteiger partial charge in [-0.05, 0) is 23.6 Å². The van der Waals surface area contributed by atoms with Crippen LogP contribution in [0.3, 0.4) is 0 Å². The maximum atomic E-state index is 12.9. The molecule has 0 aliphatic carbocycles. The number of methoxy groups -OCH3 is 1. The summed E-state index contributed by atoms with van der Waals surface area (Å²) in [5.41, 5.74) is 0.809. The predicted molar refractivity (Wildman–Crippen MR) is 61.2 cm³/mol. The average Bonchev–Trinajstić information content (AvgIpc) is 2.37. The topological polar surface area (TPSA) is 50.1 Å². The van der Waals surface area contributed by atoms with Gasteiger partial charge in [0.1, 0.15) is 0 Å². The van der Waals surface area contributed by atoms with E-state index in [1.54, 1.807) is 0 Å². The molecule has 0 fully saturated rings. The smallest absolute Gasteiger partial charge is 0.309 e. The number of halogens is 2. The highest BCUT2D eigenvalue weighted by molar-refractivity contribution is 5.73. The number of nitriles is 1. The van der Waals surface area contributed by atoms with Gasteiger partial charge in [-0.25, -0.2) is 8.78 Å². The van der Waals surface area contributed by atoms with Gasteiger partial charge in [-0.1, -0.05) is 13.0 Å². The van der Waals surface area contributed by atoms with E-state index in [9.17, 15) is 13.6 Å². The quantitative estimate of drug-likeness (QED) is 0.775. The monoisotopic (exact) mass is 253 g/mol. The zero-order valence-corrected chi connectivity index (χ0v) is 10.2.